The number of carbonyl (C=O) groups excluding carboxylic acids is 2. The summed E-state index contributed by atoms with van der Waals surface area (Å²) >= 11 is 0. The van der Waals surface area contributed by atoms with Crippen molar-refractivity contribution in [1.82, 2.24) is 15.1 Å². The van der Waals surface area contributed by atoms with Crippen LogP contribution in [0.1, 0.15) is 22.7 Å². The predicted octanol–water partition coefficient (Wildman–Crippen LogP) is 4.87. The van der Waals surface area contributed by atoms with Crippen LogP contribution in [0.15, 0.2) is 96.7 Å². The quantitative estimate of drug-likeness (QED) is 0.352. The van der Waals surface area contributed by atoms with Crippen LogP contribution in [0.2, 0.25) is 0 Å². The monoisotopic (exact) mass is 539 g/mol. The van der Waals surface area contributed by atoms with E-state index < -0.39 is 6.04 Å². The van der Waals surface area contributed by atoms with E-state index in [0.29, 0.717) is 61.2 Å². The molecule has 0 radical (unpaired) electrons. The Morgan fingerprint density at radius 3 is 2.50 bits per heavy atom. The van der Waals surface area contributed by atoms with Crippen LogP contribution >= 0.6 is 0 Å². The molecule has 3 amide bonds. The minimum atomic E-state index is -0.581. The number of amides is 3. The molecule has 2 heterocycles. The molecule has 0 unspecified atom stereocenters. The van der Waals surface area contributed by atoms with Gasteiger partial charge >= 0.3 is 6.03 Å². The summed E-state index contributed by atoms with van der Waals surface area (Å²) in [5, 5.41) is 3.04. The van der Waals surface area contributed by atoms with Crippen molar-refractivity contribution in [3.05, 3.63) is 113 Å². The van der Waals surface area contributed by atoms with Crippen molar-refractivity contribution >= 4 is 11.9 Å². The smallest absolute Gasteiger partial charge is 0.322 e. The molecular formula is C32H33N3O5. The van der Waals surface area contributed by atoms with Gasteiger partial charge < -0.3 is 24.4 Å². The molecule has 0 spiro atoms. The Morgan fingerprint density at radius 2 is 1.75 bits per heavy atom. The first-order chi connectivity index (χ1) is 19.5. The maximum absolute atomic E-state index is 13.8. The van der Waals surface area contributed by atoms with Gasteiger partial charge in [-0.3, -0.25) is 9.69 Å². The third-order valence-corrected chi connectivity index (χ3v) is 7.17. The van der Waals surface area contributed by atoms with Gasteiger partial charge in [-0.25, -0.2) is 4.79 Å². The Balaban J connectivity index is 1.37. The van der Waals surface area contributed by atoms with Crippen LogP contribution < -0.4 is 19.5 Å². The summed E-state index contributed by atoms with van der Waals surface area (Å²) in [6.45, 7) is 5.38. The molecule has 5 rings (SSSR count). The zero-order valence-electron chi connectivity index (χ0n) is 22.8. The summed E-state index contributed by atoms with van der Waals surface area (Å²) in [5.41, 5.74) is 4.16. The van der Waals surface area contributed by atoms with Crippen LogP contribution in [-0.2, 0) is 17.8 Å². The molecule has 2 aliphatic heterocycles. The Bertz CT molecular complexity index is 1440. The normalized spacial score (nSPS) is 16.5. The van der Waals surface area contributed by atoms with Gasteiger partial charge in [0.15, 0.2) is 11.5 Å². The Kier molecular flexibility index (Phi) is 8.05. The molecular weight excluding hydrogens is 506 g/mol. The van der Waals surface area contributed by atoms with Crippen LogP contribution in [0, 0.1) is 0 Å². The molecule has 2 aliphatic rings. The van der Waals surface area contributed by atoms with Gasteiger partial charge in [0, 0.05) is 13.1 Å². The molecule has 3 aromatic rings. The van der Waals surface area contributed by atoms with Crippen molar-refractivity contribution in [2.45, 2.75) is 19.1 Å². The van der Waals surface area contributed by atoms with E-state index >= 15 is 0 Å². The van der Waals surface area contributed by atoms with Crippen LogP contribution in [-0.4, -0.2) is 55.6 Å². The molecule has 0 bridgehead atoms. The molecule has 1 atom stereocenters. The predicted molar refractivity (Wildman–Crippen MR) is 152 cm³/mol. The molecule has 1 N–H and O–H groups in total. The summed E-state index contributed by atoms with van der Waals surface area (Å²) in [4.78, 5) is 30.4. The van der Waals surface area contributed by atoms with Crippen molar-refractivity contribution in [3.63, 3.8) is 0 Å². The number of benzene rings is 3. The van der Waals surface area contributed by atoms with Crippen LogP contribution in [0.3, 0.4) is 0 Å². The maximum Gasteiger partial charge on any atom is 0.322 e. The SMILES string of the molecule is C=CCN1C(=O)N[C@H](c2cccc(OCc3ccccc3)c2)C2=C1CN(CCc1ccc(OC)c(OC)c1)C2=O. The fourth-order valence-electron chi connectivity index (χ4n) is 5.13. The lowest BCUT2D eigenvalue weighted by atomic mass is 9.95. The Morgan fingerprint density at radius 1 is 0.950 bits per heavy atom. The number of nitrogens with one attached hydrogen (secondary N) is 1. The van der Waals surface area contributed by atoms with Crippen molar-refractivity contribution in [2.75, 3.05) is 33.9 Å². The van der Waals surface area contributed by atoms with Crippen molar-refractivity contribution < 1.29 is 23.8 Å². The minimum absolute atomic E-state index is 0.0925. The highest BCUT2D eigenvalue weighted by atomic mass is 16.5. The van der Waals surface area contributed by atoms with E-state index in [1.54, 1.807) is 30.1 Å². The van der Waals surface area contributed by atoms with Gasteiger partial charge in [0.05, 0.1) is 38.1 Å². The number of nitrogens with zero attached hydrogens (tertiary/aromatic N) is 2. The van der Waals surface area contributed by atoms with E-state index in [1.165, 1.54) is 0 Å². The van der Waals surface area contributed by atoms with E-state index in [4.69, 9.17) is 14.2 Å². The molecule has 0 aromatic heterocycles. The third kappa shape index (κ3) is 5.52. The van der Waals surface area contributed by atoms with Crippen molar-refractivity contribution in [1.29, 1.82) is 0 Å². The molecule has 0 saturated carbocycles. The van der Waals surface area contributed by atoms with Crippen LogP contribution in [0.4, 0.5) is 4.79 Å². The standard InChI is InChI=1S/C32H33N3O5/c1-4-16-35-26-20-34(17-15-22-13-14-27(38-2)28(18-22)39-3)31(36)29(26)30(33-32(35)37)24-11-8-12-25(19-24)40-21-23-9-6-5-7-10-23/h4-14,18-19,30H,1,15-17,20-21H2,2-3H3,(H,33,37)/t30-/m1/s1. The third-order valence-electron chi connectivity index (χ3n) is 7.17. The van der Waals surface area contributed by atoms with Gasteiger partial charge in [-0.15, -0.1) is 6.58 Å². The van der Waals surface area contributed by atoms with Crippen LogP contribution in [0.5, 0.6) is 17.2 Å². The second kappa shape index (κ2) is 12.0. The summed E-state index contributed by atoms with van der Waals surface area (Å²) in [6, 6.07) is 22.4. The van der Waals surface area contributed by atoms with E-state index in [1.807, 2.05) is 72.8 Å². The first kappa shape index (κ1) is 26.9. The van der Waals surface area contributed by atoms with E-state index in [2.05, 4.69) is 11.9 Å². The lowest BCUT2D eigenvalue weighted by Gasteiger charge is -2.33. The maximum atomic E-state index is 13.8. The number of carbonyl (C=O) groups is 2. The Labute approximate surface area is 234 Å². The van der Waals surface area contributed by atoms with E-state index in [0.717, 1.165) is 16.7 Å². The van der Waals surface area contributed by atoms with Crippen molar-refractivity contribution in [2.24, 2.45) is 0 Å². The number of ether oxygens (including phenoxy) is 3. The first-order valence-electron chi connectivity index (χ1n) is 13.2. The van der Waals surface area contributed by atoms with E-state index in [-0.39, 0.29) is 11.9 Å². The highest BCUT2D eigenvalue weighted by Gasteiger charge is 2.43. The Hall–Kier alpha value is -4.72. The van der Waals surface area contributed by atoms with Gasteiger partial charge in [-0.2, -0.15) is 0 Å². The molecule has 8 nitrogen and oxygen atoms in total. The highest BCUT2D eigenvalue weighted by Crippen LogP contribution is 2.37. The zero-order chi connectivity index (χ0) is 28.1. The zero-order valence-corrected chi connectivity index (χ0v) is 22.8. The largest absolute Gasteiger partial charge is 0.493 e. The number of hydrogen-bond donors (Lipinski definition) is 1. The molecule has 3 aromatic carbocycles. The molecule has 0 saturated heterocycles. The number of urea groups is 1. The minimum Gasteiger partial charge on any atom is -0.493 e. The lowest BCUT2D eigenvalue weighted by molar-refractivity contribution is -0.125. The molecule has 40 heavy (non-hydrogen) atoms. The number of rotatable bonds is 11. The fraction of sp³-hybridized carbons (Fsp3) is 0.250. The summed E-state index contributed by atoms with van der Waals surface area (Å²) in [5.74, 6) is 1.88. The average molecular weight is 540 g/mol. The van der Waals surface area contributed by atoms with Gasteiger partial charge in [0.1, 0.15) is 12.4 Å². The molecule has 0 fully saturated rings. The van der Waals surface area contributed by atoms with Crippen LogP contribution in [0.25, 0.3) is 0 Å². The summed E-state index contributed by atoms with van der Waals surface area (Å²) < 4.78 is 16.8. The van der Waals surface area contributed by atoms with Gasteiger partial charge in [-0.05, 0) is 47.4 Å². The second-order valence-electron chi connectivity index (χ2n) is 9.65. The highest BCUT2D eigenvalue weighted by molar-refractivity contribution is 6.01. The number of hydrogen-bond acceptors (Lipinski definition) is 5. The fourth-order valence-corrected chi connectivity index (χ4v) is 5.13. The number of methoxy groups -OCH3 is 2. The molecule has 0 aliphatic carbocycles. The average Bonchev–Trinajstić information content (AvgIpc) is 3.32. The van der Waals surface area contributed by atoms with E-state index in [9.17, 15) is 9.59 Å². The molecule has 8 heteroatoms. The van der Waals surface area contributed by atoms with Gasteiger partial charge in [0.25, 0.3) is 5.91 Å². The first-order valence-corrected chi connectivity index (χ1v) is 13.2. The topological polar surface area (TPSA) is 80.3 Å². The van der Waals surface area contributed by atoms with Crippen molar-refractivity contribution in [3.8, 4) is 17.2 Å². The molecule has 206 valence electrons. The van der Waals surface area contributed by atoms with Gasteiger partial charge in [0.2, 0.25) is 0 Å². The lowest BCUT2D eigenvalue weighted by Crippen LogP contribution is -2.47. The summed E-state index contributed by atoms with van der Waals surface area (Å²) in [7, 11) is 3.20. The van der Waals surface area contributed by atoms with Gasteiger partial charge in [-0.1, -0.05) is 54.6 Å². The summed E-state index contributed by atoms with van der Waals surface area (Å²) in [6.07, 6.45) is 2.29. The second-order valence-corrected chi connectivity index (χ2v) is 9.65.